The molecule has 0 unspecified atom stereocenters. The van der Waals surface area contributed by atoms with Crippen LogP contribution in [0.2, 0.25) is 0 Å². The van der Waals surface area contributed by atoms with E-state index in [4.69, 9.17) is 14.2 Å². The van der Waals surface area contributed by atoms with Crippen LogP contribution in [0.5, 0.6) is 17.2 Å². The van der Waals surface area contributed by atoms with Crippen molar-refractivity contribution in [2.24, 2.45) is 5.10 Å². The number of anilines is 1. The molecule has 0 aliphatic carbocycles. The van der Waals surface area contributed by atoms with Crippen LogP contribution in [-0.4, -0.2) is 50.3 Å². The van der Waals surface area contributed by atoms with Gasteiger partial charge in [-0.2, -0.15) is 23.3 Å². The Morgan fingerprint density at radius 1 is 0.955 bits per heavy atom. The summed E-state index contributed by atoms with van der Waals surface area (Å²) in [4.78, 5) is 27.7. The average molecular weight is 613 g/mol. The number of ether oxygens (including phenoxy) is 3. The molecular formula is C31H28F4N4O5. The summed E-state index contributed by atoms with van der Waals surface area (Å²) in [7, 11) is 4.53. The Kier molecular flexibility index (Phi) is 8.47. The molecule has 2 amide bonds. The van der Waals surface area contributed by atoms with Crippen molar-refractivity contribution in [2.45, 2.75) is 25.7 Å². The first-order valence-corrected chi connectivity index (χ1v) is 13.4. The minimum atomic E-state index is -4.91. The lowest BCUT2D eigenvalue weighted by Crippen LogP contribution is -2.29. The highest BCUT2D eigenvalue weighted by atomic mass is 19.4. The molecule has 9 nitrogen and oxygen atoms in total. The van der Waals surface area contributed by atoms with Gasteiger partial charge in [-0.1, -0.05) is 12.1 Å². The molecule has 0 fully saturated rings. The van der Waals surface area contributed by atoms with Crippen molar-refractivity contribution in [3.8, 4) is 17.2 Å². The van der Waals surface area contributed by atoms with E-state index in [2.05, 4.69) is 10.4 Å². The highest BCUT2D eigenvalue weighted by molar-refractivity contribution is 6.30. The number of halogens is 4. The summed E-state index contributed by atoms with van der Waals surface area (Å²) in [5.41, 5.74) is 1.15. The first-order valence-electron chi connectivity index (χ1n) is 13.4. The molecule has 2 aliphatic rings. The SMILES string of the molecule is COc1cc(CNC(=O)c2ccc(CN3C=C4C(=O)N(c5ccc(F)c(C(F)(F)F)c5)N=C4CC3)cc2)cc(OC)c1OC. The summed E-state index contributed by atoms with van der Waals surface area (Å²) < 4.78 is 69.3. The van der Waals surface area contributed by atoms with E-state index >= 15 is 0 Å². The lowest BCUT2D eigenvalue weighted by molar-refractivity contribution is -0.140. The van der Waals surface area contributed by atoms with Crippen molar-refractivity contribution in [2.75, 3.05) is 32.9 Å². The van der Waals surface area contributed by atoms with Gasteiger partial charge in [-0.25, -0.2) is 4.39 Å². The van der Waals surface area contributed by atoms with Crippen LogP contribution in [0.3, 0.4) is 0 Å². The molecule has 0 saturated carbocycles. The predicted octanol–water partition coefficient (Wildman–Crippen LogP) is 5.29. The Balaban J connectivity index is 1.22. The zero-order valence-electron chi connectivity index (χ0n) is 24.0. The van der Waals surface area contributed by atoms with Crippen LogP contribution in [0.15, 0.2) is 71.5 Å². The summed E-state index contributed by atoms with van der Waals surface area (Å²) in [6.07, 6.45) is -2.90. The Morgan fingerprint density at radius 2 is 1.64 bits per heavy atom. The molecular weight excluding hydrogens is 584 g/mol. The smallest absolute Gasteiger partial charge is 0.419 e. The van der Waals surface area contributed by atoms with Crippen molar-refractivity contribution in [1.82, 2.24) is 10.2 Å². The van der Waals surface area contributed by atoms with Gasteiger partial charge in [0.15, 0.2) is 11.5 Å². The van der Waals surface area contributed by atoms with Crippen molar-refractivity contribution in [3.05, 3.63) is 94.4 Å². The summed E-state index contributed by atoms with van der Waals surface area (Å²) >= 11 is 0. The minimum absolute atomic E-state index is 0.169. The van der Waals surface area contributed by atoms with Gasteiger partial charge < -0.3 is 24.4 Å². The molecule has 2 aliphatic heterocycles. The minimum Gasteiger partial charge on any atom is -0.493 e. The third-order valence-electron chi connectivity index (χ3n) is 7.18. The zero-order valence-corrected chi connectivity index (χ0v) is 24.0. The average Bonchev–Trinajstić information content (AvgIpc) is 3.34. The number of carbonyl (C=O) groups is 2. The molecule has 0 radical (unpaired) electrons. The molecule has 13 heteroatoms. The van der Waals surface area contributed by atoms with Crippen molar-refractivity contribution >= 4 is 23.2 Å². The van der Waals surface area contributed by atoms with Crippen LogP contribution in [0.25, 0.3) is 0 Å². The van der Waals surface area contributed by atoms with Gasteiger partial charge in [0.1, 0.15) is 5.82 Å². The summed E-state index contributed by atoms with van der Waals surface area (Å²) in [5.74, 6) is -0.893. The van der Waals surface area contributed by atoms with E-state index in [1.165, 1.54) is 21.3 Å². The predicted molar refractivity (Wildman–Crippen MR) is 153 cm³/mol. The zero-order chi connectivity index (χ0) is 31.6. The van der Waals surface area contributed by atoms with Crippen LogP contribution < -0.4 is 24.5 Å². The largest absolute Gasteiger partial charge is 0.493 e. The normalized spacial score (nSPS) is 14.6. The summed E-state index contributed by atoms with van der Waals surface area (Å²) in [6.45, 7) is 1.16. The van der Waals surface area contributed by atoms with Crippen molar-refractivity contribution in [1.29, 1.82) is 0 Å². The quantitative estimate of drug-likeness (QED) is 0.330. The molecule has 0 atom stereocenters. The van der Waals surface area contributed by atoms with Gasteiger partial charge in [-0.15, -0.1) is 0 Å². The standard InChI is InChI=1S/C31H28F4N4O5/c1-42-26-12-19(13-27(43-2)28(26)44-3)15-36-29(40)20-6-4-18(5-7-20)16-38-11-10-25-22(17-38)30(41)39(37-25)21-8-9-24(32)23(14-21)31(33,34)35/h4-9,12-14,17H,10-11,15-16H2,1-3H3,(H,36,40). The lowest BCUT2D eigenvalue weighted by Gasteiger charge is -2.25. The van der Waals surface area contributed by atoms with Gasteiger partial charge in [-0.05, 0) is 53.6 Å². The molecule has 0 bridgehead atoms. The molecule has 230 valence electrons. The number of rotatable bonds is 9. The Hall–Kier alpha value is -5.07. The number of methoxy groups -OCH3 is 3. The number of benzene rings is 3. The van der Waals surface area contributed by atoms with Crippen molar-refractivity contribution < 1.29 is 41.4 Å². The number of hydrazone groups is 1. The highest BCUT2D eigenvalue weighted by Crippen LogP contribution is 2.38. The van der Waals surface area contributed by atoms with Gasteiger partial charge in [0.25, 0.3) is 11.8 Å². The second-order valence-corrected chi connectivity index (χ2v) is 10.0. The van der Waals surface area contributed by atoms with E-state index < -0.39 is 23.5 Å². The van der Waals surface area contributed by atoms with Gasteiger partial charge in [0.2, 0.25) is 5.75 Å². The molecule has 0 saturated heterocycles. The monoisotopic (exact) mass is 612 g/mol. The second-order valence-electron chi connectivity index (χ2n) is 10.0. The van der Waals surface area contributed by atoms with E-state index in [1.807, 2.05) is 4.90 Å². The maximum Gasteiger partial charge on any atom is 0.419 e. The number of hydrogen-bond donors (Lipinski definition) is 1. The number of fused-ring (bicyclic) bond motifs is 1. The number of carbonyl (C=O) groups excluding carboxylic acids is 2. The number of alkyl halides is 3. The van der Waals surface area contributed by atoms with E-state index in [-0.39, 0.29) is 23.7 Å². The van der Waals surface area contributed by atoms with Crippen LogP contribution in [-0.2, 0) is 24.1 Å². The Bertz CT molecular complexity index is 1630. The van der Waals surface area contributed by atoms with Gasteiger partial charge in [-0.3, -0.25) is 9.59 Å². The Morgan fingerprint density at radius 3 is 2.25 bits per heavy atom. The highest BCUT2D eigenvalue weighted by Gasteiger charge is 2.38. The number of nitrogens with zero attached hydrogens (tertiary/aromatic N) is 3. The summed E-state index contributed by atoms with van der Waals surface area (Å²) in [5, 5.41) is 7.94. The van der Waals surface area contributed by atoms with Crippen LogP contribution in [0.1, 0.15) is 33.5 Å². The fourth-order valence-electron chi connectivity index (χ4n) is 4.95. The first kappa shape index (κ1) is 30.4. The molecule has 3 aromatic rings. The van der Waals surface area contributed by atoms with Crippen molar-refractivity contribution in [3.63, 3.8) is 0 Å². The maximum atomic E-state index is 13.7. The molecule has 1 N–H and O–H groups in total. The summed E-state index contributed by atoms with van der Waals surface area (Å²) in [6, 6.07) is 12.8. The molecule has 3 aromatic carbocycles. The third-order valence-corrected chi connectivity index (χ3v) is 7.18. The second kappa shape index (κ2) is 12.3. The molecule has 44 heavy (non-hydrogen) atoms. The molecule has 5 rings (SSSR count). The van der Waals surface area contributed by atoms with Gasteiger partial charge in [0, 0.05) is 37.8 Å². The van der Waals surface area contributed by atoms with Crippen LogP contribution >= 0.6 is 0 Å². The third kappa shape index (κ3) is 6.17. The van der Waals surface area contributed by atoms with Crippen LogP contribution in [0, 0.1) is 5.82 Å². The molecule has 2 heterocycles. The topological polar surface area (TPSA) is 92.7 Å². The van der Waals surface area contributed by atoms with E-state index in [1.54, 1.807) is 42.6 Å². The molecule has 0 spiro atoms. The number of amides is 2. The number of nitrogens with one attached hydrogen (secondary N) is 1. The Labute approximate surface area is 250 Å². The fraction of sp³-hybridized carbons (Fsp3) is 0.258. The first-order chi connectivity index (χ1) is 21.0. The number of hydrogen-bond acceptors (Lipinski definition) is 7. The molecule has 0 aromatic heterocycles. The van der Waals surface area contributed by atoms with E-state index in [0.717, 1.165) is 22.2 Å². The fourth-order valence-corrected chi connectivity index (χ4v) is 4.95. The van der Waals surface area contributed by atoms with Crippen LogP contribution in [0.4, 0.5) is 23.2 Å². The van der Waals surface area contributed by atoms with Gasteiger partial charge >= 0.3 is 6.18 Å². The maximum absolute atomic E-state index is 13.7. The van der Waals surface area contributed by atoms with Gasteiger partial charge in [0.05, 0.1) is 43.9 Å². The van der Waals surface area contributed by atoms with E-state index in [0.29, 0.717) is 60.2 Å². The van der Waals surface area contributed by atoms with E-state index in [9.17, 15) is 27.2 Å². The lowest BCUT2D eigenvalue weighted by atomic mass is 10.0.